The molecule has 68 valence electrons. The van der Waals surface area contributed by atoms with Crippen molar-refractivity contribution in [1.82, 2.24) is 0 Å². The summed E-state index contributed by atoms with van der Waals surface area (Å²) in [4.78, 5) is 0. The number of rotatable bonds is 5. The summed E-state index contributed by atoms with van der Waals surface area (Å²) >= 11 is -2.01. The Morgan fingerprint density at radius 3 is 1.45 bits per heavy atom. The molecule has 1 nitrogen and oxygen atoms in total. The minimum absolute atomic E-state index is 0.450. The van der Waals surface area contributed by atoms with Gasteiger partial charge in [-0.05, 0) is 0 Å². The average Bonchev–Trinajstić information content (AvgIpc) is 2.00. The van der Waals surface area contributed by atoms with Gasteiger partial charge in [-0.1, -0.05) is 0 Å². The minimum atomic E-state index is -2.01. The van der Waals surface area contributed by atoms with Crippen LogP contribution in [-0.2, 0) is 3.07 Å². The van der Waals surface area contributed by atoms with Gasteiger partial charge in [-0.2, -0.15) is 0 Å². The molecule has 0 rings (SSSR count). The summed E-state index contributed by atoms with van der Waals surface area (Å²) in [5, 5.41) is 0. The van der Waals surface area contributed by atoms with Gasteiger partial charge in [-0.15, -0.1) is 0 Å². The summed E-state index contributed by atoms with van der Waals surface area (Å²) in [6, 6.07) is 0. The summed E-state index contributed by atoms with van der Waals surface area (Å²) in [5.41, 5.74) is 0. The van der Waals surface area contributed by atoms with Crippen LogP contribution in [0.25, 0.3) is 0 Å². The van der Waals surface area contributed by atoms with Crippen LogP contribution in [0, 0.1) is 0 Å². The molecular weight excluding hydrogens is 243 g/mol. The molecule has 0 unspecified atom stereocenters. The third kappa shape index (κ3) is 3.79. The van der Waals surface area contributed by atoms with E-state index in [1.165, 1.54) is 13.3 Å². The Morgan fingerprint density at radius 1 is 1.00 bits per heavy atom. The first-order valence-corrected chi connectivity index (χ1v) is 12.0. The van der Waals surface area contributed by atoms with Crippen molar-refractivity contribution >= 4 is 18.8 Å². The van der Waals surface area contributed by atoms with E-state index < -0.39 is 18.8 Å². The van der Waals surface area contributed by atoms with Gasteiger partial charge in [-0.3, -0.25) is 0 Å². The van der Waals surface area contributed by atoms with Crippen LogP contribution in [0.4, 0.5) is 0 Å². The second kappa shape index (κ2) is 5.41. The van der Waals surface area contributed by atoms with E-state index in [4.69, 9.17) is 3.07 Å². The van der Waals surface area contributed by atoms with Crippen molar-refractivity contribution in [3.63, 3.8) is 0 Å². The van der Waals surface area contributed by atoms with E-state index in [2.05, 4.69) is 34.6 Å². The molecule has 11 heavy (non-hydrogen) atoms. The van der Waals surface area contributed by atoms with E-state index >= 15 is 0 Å². The van der Waals surface area contributed by atoms with Crippen LogP contribution in [0.3, 0.4) is 0 Å². The first kappa shape index (κ1) is 11.8. The van der Waals surface area contributed by atoms with Gasteiger partial charge < -0.3 is 0 Å². The molecule has 0 amide bonds. The zero-order valence-corrected chi connectivity index (χ0v) is 11.5. The number of hydrogen-bond acceptors (Lipinski definition) is 1. The van der Waals surface area contributed by atoms with Crippen LogP contribution in [0.1, 0.15) is 34.6 Å². The van der Waals surface area contributed by atoms with Crippen LogP contribution in [-0.4, -0.2) is 24.9 Å². The maximum absolute atomic E-state index is 6.10. The topological polar surface area (TPSA) is 9.23 Å². The van der Waals surface area contributed by atoms with Crippen LogP contribution in [0.15, 0.2) is 0 Å². The summed E-state index contributed by atoms with van der Waals surface area (Å²) < 4.78 is 10.1. The van der Waals surface area contributed by atoms with Crippen molar-refractivity contribution in [2.45, 2.75) is 54.0 Å². The fourth-order valence-electron chi connectivity index (χ4n) is 1.50. The quantitative estimate of drug-likeness (QED) is 0.692. The molecule has 0 bridgehead atoms. The fourth-order valence-corrected chi connectivity index (χ4v) is 10.1. The monoisotopic (exact) mass is 266 g/mol. The SMILES string of the molecule is C[CH2][Sn]([CH2]C)([CH2]C)[O]C(C)C. The van der Waals surface area contributed by atoms with Crippen molar-refractivity contribution in [3.05, 3.63) is 0 Å². The summed E-state index contributed by atoms with van der Waals surface area (Å²) in [7, 11) is 0. The normalized spacial score (nSPS) is 12.5. The molecule has 0 radical (unpaired) electrons. The first-order valence-electron chi connectivity index (χ1n) is 4.78. The molecule has 0 aliphatic carbocycles. The Labute approximate surface area is 75.9 Å². The molecule has 0 aliphatic rings. The van der Waals surface area contributed by atoms with Crippen LogP contribution in [0.2, 0.25) is 13.3 Å². The molecular formula is C9H22OSn. The van der Waals surface area contributed by atoms with Crippen molar-refractivity contribution in [1.29, 1.82) is 0 Å². The van der Waals surface area contributed by atoms with Crippen molar-refractivity contribution in [2.75, 3.05) is 0 Å². The zero-order chi connectivity index (χ0) is 8.91. The van der Waals surface area contributed by atoms with E-state index in [0.29, 0.717) is 6.10 Å². The second-order valence-corrected chi connectivity index (χ2v) is 16.9. The van der Waals surface area contributed by atoms with Gasteiger partial charge in [0.15, 0.2) is 0 Å². The second-order valence-electron chi connectivity index (χ2n) is 3.41. The van der Waals surface area contributed by atoms with Gasteiger partial charge in [0.05, 0.1) is 0 Å². The summed E-state index contributed by atoms with van der Waals surface area (Å²) in [5.74, 6) is 0. The molecule has 0 heterocycles. The van der Waals surface area contributed by atoms with Gasteiger partial charge in [-0.25, -0.2) is 0 Å². The van der Waals surface area contributed by atoms with Gasteiger partial charge in [0.1, 0.15) is 0 Å². The van der Waals surface area contributed by atoms with Gasteiger partial charge in [0, 0.05) is 0 Å². The molecule has 0 aromatic carbocycles. The number of hydrogen-bond donors (Lipinski definition) is 0. The molecule has 2 heteroatoms. The molecule has 0 atom stereocenters. The Bertz CT molecular complexity index is 89.5. The van der Waals surface area contributed by atoms with E-state index in [-0.39, 0.29) is 0 Å². The molecule has 0 fully saturated rings. The fraction of sp³-hybridized carbons (Fsp3) is 1.00. The summed E-state index contributed by atoms with van der Waals surface area (Å²) in [6.07, 6.45) is 0.450. The van der Waals surface area contributed by atoms with Crippen LogP contribution >= 0.6 is 0 Å². The Kier molecular flexibility index (Phi) is 5.79. The maximum atomic E-state index is 6.10. The molecule has 0 spiro atoms. The Hall–Kier alpha value is 0.759. The van der Waals surface area contributed by atoms with E-state index in [0.717, 1.165) is 0 Å². The molecule has 0 saturated heterocycles. The van der Waals surface area contributed by atoms with Crippen LogP contribution in [0.5, 0.6) is 0 Å². The third-order valence-corrected chi connectivity index (χ3v) is 16.2. The predicted molar refractivity (Wildman–Crippen MR) is 53.4 cm³/mol. The van der Waals surface area contributed by atoms with Gasteiger partial charge in [0.2, 0.25) is 0 Å². The first-order chi connectivity index (χ1) is 5.10. The van der Waals surface area contributed by atoms with Crippen LogP contribution < -0.4 is 0 Å². The van der Waals surface area contributed by atoms with Crippen molar-refractivity contribution in [2.24, 2.45) is 0 Å². The van der Waals surface area contributed by atoms with Gasteiger partial charge >= 0.3 is 75.9 Å². The standard InChI is InChI=1S/C3H7O.3C2H5.Sn/c1-3(2)4;3*1-2;/h3H,1-2H3;3*1H2,2H3;/q-1;;;;+1. The molecule has 0 N–H and O–H groups in total. The van der Waals surface area contributed by atoms with Crippen molar-refractivity contribution in [3.8, 4) is 0 Å². The predicted octanol–water partition coefficient (Wildman–Crippen LogP) is 3.42. The molecule has 0 saturated carbocycles. The molecule has 0 aliphatic heterocycles. The van der Waals surface area contributed by atoms with Crippen molar-refractivity contribution < 1.29 is 3.07 Å². The molecule has 0 aromatic rings. The molecule has 0 aromatic heterocycles. The Balaban J connectivity index is 4.05. The third-order valence-electron chi connectivity index (χ3n) is 2.42. The summed E-state index contributed by atoms with van der Waals surface area (Å²) in [6.45, 7) is 11.2. The van der Waals surface area contributed by atoms with E-state index in [1.807, 2.05) is 0 Å². The van der Waals surface area contributed by atoms with E-state index in [9.17, 15) is 0 Å². The zero-order valence-electron chi connectivity index (χ0n) is 8.61. The van der Waals surface area contributed by atoms with E-state index in [1.54, 1.807) is 0 Å². The Morgan fingerprint density at radius 2 is 1.36 bits per heavy atom. The average molecular weight is 265 g/mol. The van der Waals surface area contributed by atoms with Gasteiger partial charge in [0.25, 0.3) is 0 Å².